The number of oxime groups is 1. The SMILES string of the molecule is CC(NC1CCOC(C)(C)C1)C(N)=NO. The van der Waals surface area contributed by atoms with Gasteiger partial charge < -0.3 is 21.0 Å². The molecule has 1 fully saturated rings. The van der Waals surface area contributed by atoms with E-state index in [4.69, 9.17) is 15.7 Å². The molecule has 0 aromatic heterocycles. The number of nitrogens with two attached hydrogens (primary N) is 1. The van der Waals surface area contributed by atoms with E-state index < -0.39 is 0 Å². The molecule has 5 heteroatoms. The van der Waals surface area contributed by atoms with Crippen LogP contribution in [0.25, 0.3) is 0 Å². The van der Waals surface area contributed by atoms with Gasteiger partial charge in [-0.05, 0) is 33.6 Å². The fourth-order valence-corrected chi connectivity index (χ4v) is 1.90. The Kier molecular flexibility index (Phi) is 3.93. The minimum atomic E-state index is -0.103. The standard InChI is InChI=1S/C10H21N3O2/c1-7(9(11)13-14)12-8-4-5-15-10(2,3)6-8/h7-8,12,14H,4-6H2,1-3H3,(H2,11,13). The molecule has 0 aromatic carbocycles. The predicted molar refractivity (Wildman–Crippen MR) is 59.1 cm³/mol. The highest BCUT2D eigenvalue weighted by Gasteiger charge is 2.29. The summed E-state index contributed by atoms with van der Waals surface area (Å²) in [5, 5.41) is 14.9. The van der Waals surface area contributed by atoms with E-state index in [1.807, 2.05) is 6.92 Å². The average molecular weight is 215 g/mol. The van der Waals surface area contributed by atoms with E-state index in [0.717, 1.165) is 19.4 Å². The van der Waals surface area contributed by atoms with Gasteiger partial charge in [-0.1, -0.05) is 5.16 Å². The zero-order chi connectivity index (χ0) is 11.5. The molecule has 5 nitrogen and oxygen atoms in total. The van der Waals surface area contributed by atoms with Gasteiger partial charge in [0.25, 0.3) is 0 Å². The predicted octanol–water partition coefficient (Wildman–Crippen LogP) is 0.669. The number of nitrogens with zero attached hydrogens (tertiary/aromatic N) is 1. The zero-order valence-electron chi connectivity index (χ0n) is 9.66. The maximum Gasteiger partial charge on any atom is 0.156 e. The summed E-state index contributed by atoms with van der Waals surface area (Å²) in [5.74, 6) is 0.222. The average Bonchev–Trinajstić information content (AvgIpc) is 2.14. The van der Waals surface area contributed by atoms with E-state index in [2.05, 4.69) is 24.3 Å². The summed E-state index contributed by atoms with van der Waals surface area (Å²) in [7, 11) is 0. The number of rotatable bonds is 3. The molecule has 2 unspecified atom stereocenters. The van der Waals surface area contributed by atoms with Gasteiger partial charge in [0.15, 0.2) is 5.84 Å². The summed E-state index contributed by atoms with van der Waals surface area (Å²) in [4.78, 5) is 0. The number of ether oxygens (including phenoxy) is 1. The van der Waals surface area contributed by atoms with Crippen molar-refractivity contribution < 1.29 is 9.94 Å². The Morgan fingerprint density at radius 1 is 1.67 bits per heavy atom. The molecule has 88 valence electrons. The van der Waals surface area contributed by atoms with Crippen LogP contribution in [0, 0.1) is 0 Å². The fourth-order valence-electron chi connectivity index (χ4n) is 1.90. The van der Waals surface area contributed by atoms with Crippen LogP contribution in [0.5, 0.6) is 0 Å². The van der Waals surface area contributed by atoms with Gasteiger partial charge in [-0.15, -0.1) is 0 Å². The van der Waals surface area contributed by atoms with Crippen molar-refractivity contribution in [3.8, 4) is 0 Å². The molecule has 1 heterocycles. The second kappa shape index (κ2) is 4.81. The van der Waals surface area contributed by atoms with E-state index in [0.29, 0.717) is 6.04 Å². The summed E-state index contributed by atoms with van der Waals surface area (Å²) >= 11 is 0. The van der Waals surface area contributed by atoms with E-state index in [9.17, 15) is 0 Å². The second-order valence-corrected chi connectivity index (χ2v) is 4.71. The maximum absolute atomic E-state index is 8.54. The molecule has 0 aromatic rings. The van der Waals surface area contributed by atoms with Crippen molar-refractivity contribution in [3.05, 3.63) is 0 Å². The molecule has 0 radical (unpaired) electrons. The minimum Gasteiger partial charge on any atom is -0.409 e. The summed E-state index contributed by atoms with van der Waals surface area (Å²) < 4.78 is 5.61. The van der Waals surface area contributed by atoms with Crippen molar-refractivity contribution in [1.82, 2.24) is 5.32 Å². The van der Waals surface area contributed by atoms with Crippen LogP contribution >= 0.6 is 0 Å². The minimum absolute atomic E-state index is 0.0826. The third-order valence-corrected chi connectivity index (χ3v) is 2.74. The topological polar surface area (TPSA) is 79.9 Å². The Morgan fingerprint density at radius 3 is 2.87 bits per heavy atom. The highest BCUT2D eigenvalue weighted by atomic mass is 16.5. The third kappa shape index (κ3) is 3.68. The van der Waals surface area contributed by atoms with E-state index in [1.165, 1.54) is 0 Å². The van der Waals surface area contributed by atoms with Gasteiger partial charge in [-0.3, -0.25) is 0 Å². The van der Waals surface area contributed by atoms with Crippen LogP contribution in [0.2, 0.25) is 0 Å². The molecule has 2 atom stereocenters. The van der Waals surface area contributed by atoms with Crippen LogP contribution in [0.15, 0.2) is 5.16 Å². The van der Waals surface area contributed by atoms with E-state index in [-0.39, 0.29) is 17.5 Å². The molecule has 15 heavy (non-hydrogen) atoms. The molecule has 0 saturated carbocycles. The van der Waals surface area contributed by atoms with Crippen LogP contribution in [-0.2, 0) is 4.74 Å². The fraction of sp³-hybridized carbons (Fsp3) is 0.900. The van der Waals surface area contributed by atoms with Gasteiger partial charge in [0.05, 0.1) is 11.6 Å². The molecule has 0 bridgehead atoms. The number of amidine groups is 1. The molecular formula is C10H21N3O2. The monoisotopic (exact) mass is 215 g/mol. The molecule has 1 rings (SSSR count). The molecule has 1 saturated heterocycles. The lowest BCUT2D eigenvalue weighted by Crippen LogP contribution is -2.50. The first kappa shape index (κ1) is 12.3. The van der Waals surface area contributed by atoms with Crippen LogP contribution in [-0.4, -0.2) is 35.3 Å². The summed E-state index contributed by atoms with van der Waals surface area (Å²) in [6.07, 6.45) is 1.91. The molecule has 0 spiro atoms. The van der Waals surface area contributed by atoms with Crippen molar-refractivity contribution in [1.29, 1.82) is 0 Å². The molecule has 4 N–H and O–H groups in total. The van der Waals surface area contributed by atoms with E-state index >= 15 is 0 Å². The highest BCUT2D eigenvalue weighted by molar-refractivity contribution is 5.84. The smallest absolute Gasteiger partial charge is 0.156 e. The van der Waals surface area contributed by atoms with Gasteiger partial charge >= 0.3 is 0 Å². The van der Waals surface area contributed by atoms with E-state index in [1.54, 1.807) is 0 Å². The van der Waals surface area contributed by atoms with Gasteiger partial charge in [-0.25, -0.2) is 0 Å². The zero-order valence-corrected chi connectivity index (χ0v) is 9.66. The first-order valence-electron chi connectivity index (χ1n) is 5.32. The molecule has 0 aliphatic carbocycles. The number of nitrogens with one attached hydrogen (secondary N) is 1. The Balaban J connectivity index is 2.45. The first-order chi connectivity index (χ1) is 6.94. The molecular weight excluding hydrogens is 194 g/mol. The Morgan fingerprint density at radius 2 is 2.33 bits per heavy atom. The molecule has 1 aliphatic rings. The largest absolute Gasteiger partial charge is 0.409 e. The third-order valence-electron chi connectivity index (χ3n) is 2.74. The Labute approximate surface area is 90.7 Å². The van der Waals surface area contributed by atoms with Crippen LogP contribution < -0.4 is 11.1 Å². The highest BCUT2D eigenvalue weighted by Crippen LogP contribution is 2.24. The van der Waals surface area contributed by atoms with Crippen LogP contribution in [0.3, 0.4) is 0 Å². The van der Waals surface area contributed by atoms with Gasteiger partial charge in [0.1, 0.15) is 0 Å². The quantitative estimate of drug-likeness (QED) is 0.280. The summed E-state index contributed by atoms with van der Waals surface area (Å²) in [6.45, 7) is 6.80. The van der Waals surface area contributed by atoms with Crippen molar-refractivity contribution in [2.75, 3.05) is 6.61 Å². The Hall–Kier alpha value is -0.810. The number of hydrogen-bond donors (Lipinski definition) is 3. The lowest BCUT2D eigenvalue weighted by Gasteiger charge is -2.37. The number of hydrogen-bond acceptors (Lipinski definition) is 4. The lowest BCUT2D eigenvalue weighted by molar-refractivity contribution is -0.0632. The Bertz CT molecular complexity index is 241. The first-order valence-corrected chi connectivity index (χ1v) is 5.32. The van der Waals surface area contributed by atoms with Gasteiger partial charge in [0, 0.05) is 12.6 Å². The van der Waals surface area contributed by atoms with Gasteiger partial charge in [0.2, 0.25) is 0 Å². The molecule has 0 amide bonds. The van der Waals surface area contributed by atoms with Crippen molar-refractivity contribution in [2.45, 2.75) is 51.3 Å². The van der Waals surface area contributed by atoms with Crippen LogP contribution in [0.4, 0.5) is 0 Å². The second-order valence-electron chi connectivity index (χ2n) is 4.71. The lowest BCUT2D eigenvalue weighted by atomic mass is 9.93. The summed E-state index contributed by atoms with van der Waals surface area (Å²) in [5.41, 5.74) is 5.42. The summed E-state index contributed by atoms with van der Waals surface area (Å²) in [6, 6.07) is 0.262. The maximum atomic E-state index is 8.54. The molecule has 1 aliphatic heterocycles. The van der Waals surface area contributed by atoms with Crippen molar-refractivity contribution in [3.63, 3.8) is 0 Å². The van der Waals surface area contributed by atoms with Gasteiger partial charge in [-0.2, -0.15) is 0 Å². The normalized spacial score (nSPS) is 28.7. The van der Waals surface area contributed by atoms with Crippen molar-refractivity contribution >= 4 is 5.84 Å². The van der Waals surface area contributed by atoms with Crippen molar-refractivity contribution in [2.24, 2.45) is 10.9 Å². The van der Waals surface area contributed by atoms with Crippen LogP contribution in [0.1, 0.15) is 33.6 Å².